The van der Waals surface area contributed by atoms with Gasteiger partial charge in [0.1, 0.15) is 0 Å². The third kappa shape index (κ3) is 2.83. The summed E-state index contributed by atoms with van der Waals surface area (Å²) in [5.41, 5.74) is 3.27. The van der Waals surface area contributed by atoms with Crippen LogP contribution in [0.15, 0.2) is 18.2 Å². The van der Waals surface area contributed by atoms with Crippen molar-refractivity contribution in [1.82, 2.24) is 7.96 Å². The molecular formula is C12H17N3Se. The van der Waals surface area contributed by atoms with Crippen LogP contribution in [0.3, 0.4) is 0 Å². The van der Waals surface area contributed by atoms with Crippen LogP contribution >= 0.6 is 0 Å². The number of hydrogen-bond acceptors (Lipinski definition) is 3. The van der Waals surface area contributed by atoms with Crippen molar-refractivity contribution in [3.8, 4) is 0 Å². The first-order valence-corrected chi connectivity index (χ1v) is 7.40. The number of fused-ring (bicyclic) bond motifs is 1. The van der Waals surface area contributed by atoms with E-state index in [9.17, 15) is 0 Å². The van der Waals surface area contributed by atoms with Crippen LogP contribution in [-0.4, -0.2) is 29.5 Å². The average molecular weight is 282 g/mol. The second-order valence-corrected chi connectivity index (χ2v) is 5.03. The third-order valence-corrected chi connectivity index (χ3v) is 3.77. The Labute approximate surface area is 102 Å². The van der Waals surface area contributed by atoms with E-state index < -0.39 is 0 Å². The van der Waals surface area contributed by atoms with Gasteiger partial charge in [-0.25, -0.2) is 0 Å². The van der Waals surface area contributed by atoms with Crippen LogP contribution in [0, 0.1) is 0 Å². The molecule has 3 nitrogen and oxygen atoms in total. The fourth-order valence-electron chi connectivity index (χ4n) is 1.72. The van der Waals surface area contributed by atoms with Gasteiger partial charge in [-0.15, -0.1) is 0 Å². The van der Waals surface area contributed by atoms with Crippen LogP contribution in [-0.2, 0) is 0 Å². The number of nitrogens with zero attached hydrogens (tertiary/aromatic N) is 2. The van der Waals surface area contributed by atoms with E-state index in [1.807, 2.05) is 12.1 Å². The maximum absolute atomic E-state index is 4.45. The van der Waals surface area contributed by atoms with Gasteiger partial charge in [0, 0.05) is 0 Å². The molecule has 1 aromatic heterocycles. The van der Waals surface area contributed by atoms with E-state index in [1.165, 1.54) is 25.7 Å². The number of rotatable bonds is 6. The second-order valence-electron chi connectivity index (χ2n) is 3.92. The number of unbranched alkanes of at least 4 members (excludes halogenated alkanes) is 3. The van der Waals surface area contributed by atoms with Crippen LogP contribution in [0.4, 0.5) is 5.69 Å². The Kier molecular flexibility index (Phi) is 4.37. The zero-order valence-corrected chi connectivity index (χ0v) is 11.3. The molecule has 0 aliphatic carbocycles. The first-order valence-electron chi connectivity index (χ1n) is 5.87. The van der Waals surface area contributed by atoms with Crippen molar-refractivity contribution in [3.63, 3.8) is 0 Å². The van der Waals surface area contributed by atoms with E-state index in [4.69, 9.17) is 0 Å². The zero-order chi connectivity index (χ0) is 11.2. The van der Waals surface area contributed by atoms with Gasteiger partial charge < -0.3 is 0 Å². The molecule has 0 unspecified atom stereocenters. The number of anilines is 1. The SMILES string of the molecule is CCCCCCNc1cccc2n[se]nc12. The molecular weight excluding hydrogens is 265 g/mol. The first-order chi connectivity index (χ1) is 7.92. The topological polar surface area (TPSA) is 37.8 Å². The summed E-state index contributed by atoms with van der Waals surface area (Å²) in [7, 11) is 0. The van der Waals surface area contributed by atoms with Gasteiger partial charge in [-0.1, -0.05) is 0 Å². The average Bonchev–Trinajstić information content (AvgIpc) is 2.77. The number of aromatic nitrogens is 2. The molecule has 16 heavy (non-hydrogen) atoms. The van der Waals surface area contributed by atoms with Crippen LogP contribution in [0.2, 0.25) is 0 Å². The van der Waals surface area contributed by atoms with Crippen molar-refractivity contribution in [2.75, 3.05) is 11.9 Å². The Morgan fingerprint density at radius 3 is 3.00 bits per heavy atom. The van der Waals surface area contributed by atoms with Gasteiger partial charge >= 0.3 is 102 Å². The molecule has 0 aliphatic heterocycles. The molecule has 0 spiro atoms. The third-order valence-electron chi connectivity index (χ3n) is 2.63. The van der Waals surface area contributed by atoms with Crippen LogP contribution < -0.4 is 5.32 Å². The van der Waals surface area contributed by atoms with E-state index in [2.05, 4.69) is 26.3 Å². The molecule has 0 radical (unpaired) electrons. The van der Waals surface area contributed by atoms with Crippen molar-refractivity contribution >= 4 is 31.7 Å². The van der Waals surface area contributed by atoms with Crippen LogP contribution in [0.1, 0.15) is 32.6 Å². The van der Waals surface area contributed by atoms with Gasteiger partial charge in [0.05, 0.1) is 0 Å². The molecule has 1 N–H and O–H groups in total. The zero-order valence-electron chi connectivity index (χ0n) is 9.57. The first kappa shape index (κ1) is 11.6. The summed E-state index contributed by atoms with van der Waals surface area (Å²) in [6, 6.07) is 6.18. The standard InChI is InChI=1S/C12H17N3Se/c1-2-3-4-5-9-13-10-7-6-8-11-12(10)15-16-14-11/h6-8,13H,2-5,9H2,1H3. The summed E-state index contributed by atoms with van der Waals surface area (Å²) in [6.07, 6.45) is 5.17. The molecule has 0 fully saturated rings. The predicted octanol–water partition coefficient (Wildman–Crippen LogP) is 2.68. The minimum atomic E-state index is 0.0718. The molecule has 0 bridgehead atoms. The van der Waals surface area contributed by atoms with E-state index in [1.54, 1.807) is 0 Å². The summed E-state index contributed by atoms with van der Waals surface area (Å²) in [6.45, 7) is 3.28. The maximum atomic E-state index is 4.45. The monoisotopic (exact) mass is 283 g/mol. The van der Waals surface area contributed by atoms with Crippen molar-refractivity contribution < 1.29 is 0 Å². The molecule has 0 amide bonds. The Hall–Kier alpha value is -0.861. The molecule has 2 aromatic rings. The molecule has 86 valence electrons. The molecule has 0 aliphatic rings. The second kappa shape index (κ2) is 6.02. The summed E-state index contributed by atoms with van der Waals surface area (Å²) >= 11 is 0.0718. The van der Waals surface area contributed by atoms with Crippen molar-refractivity contribution in [2.24, 2.45) is 0 Å². The molecule has 1 aromatic carbocycles. The van der Waals surface area contributed by atoms with E-state index in [0.29, 0.717) is 0 Å². The molecule has 2 rings (SSSR count). The molecule has 1 heterocycles. The molecule has 0 saturated carbocycles. The van der Waals surface area contributed by atoms with Crippen LogP contribution in [0.25, 0.3) is 11.0 Å². The summed E-state index contributed by atoms with van der Waals surface area (Å²) in [5.74, 6) is 0. The van der Waals surface area contributed by atoms with Crippen molar-refractivity contribution in [2.45, 2.75) is 32.6 Å². The fraction of sp³-hybridized carbons (Fsp3) is 0.500. The van der Waals surface area contributed by atoms with Gasteiger partial charge in [-0.3, -0.25) is 0 Å². The van der Waals surface area contributed by atoms with Crippen LogP contribution in [0.5, 0.6) is 0 Å². The van der Waals surface area contributed by atoms with E-state index in [0.717, 1.165) is 23.3 Å². The molecule has 0 saturated heterocycles. The summed E-state index contributed by atoms with van der Waals surface area (Å²) < 4.78 is 8.82. The number of nitrogens with one attached hydrogen (secondary N) is 1. The Bertz CT molecular complexity index is 439. The fourth-order valence-corrected chi connectivity index (χ4v) is 2.88. The van der Waals surface area contributed by atoms with Crippen molar-refractivity contribution in [3.05, 3.63) is 18.2 Å². The Morgan fingerprint density at radius 2 is 2.12 bits per heavy atom. The number of hydrogen-bond donors (Lipinski definition) is 1. The van der Waals surface area contributed by atoms with Gasteiger partial charge in [-0.05, 0) is 0 Å². The summed E-state index contributed by atoms with van der Waals surface area (Å²) in [4.78, 5) is 0. The summed E-state index contributed by atoms with van der Waals surface area (Å²) in [5, 5.41) is 3.46. The van der Waals surface area contributed by atoms with Crippen molar-refractivity contribution in [1.29, 1.82) is 0 Å². The minimum absolute atomic E-state index is 0.0718. The quantitative estimate of drug-likeness (QED) is 0.654. The Morgan fingerprint density at radius 1 is 1.19 bits per heavy atom. The van der Waals surface area contributed by atoms with Gasteiger partial charge in [0.25, 0.3) is 0 Å². The van der Waals surface area contributed by atoms with E-state index >= 15 is 0 Å². The van der Waals surface area contributed by atoms with Gasteiger partial charge in [-0.2, -0.15) is 0 Å². The normalized spacial score (nSPS) is 10.8. The number of benzene rings is 1. The Balaban J connectivity index is 1.91. The molecule has 4 heteroatoms. The van der Waals surface area contributed by atoms with E-state index in [-0.39, 0.29) is 15.0 Å². The molecule has 0 atom stereocenters. The predicted molar refractivity (Wildman–Crippen MR) is 69.1 cm³/mol. The van der Waals surface area contributed by atoms with Gasteiger partial charge in [0.15, 0.2) is 0 Å². The van der Waals surface area contributed by atoms with Gasteiger partial charge in [0.2, 0.25) is 0 Å².